The lowest BCUT2D eigenvalue weighted by molar-refractivity contribution is -0.141. The second kappa shape index (κ2) is 9.37. The summed E-state index contributed by atoms with van der Waals surface area (Å²) in [7, 11) is 0. The molecule has 1 atom stereocenters. The van der Waals surface area contributed by atoms with E-state index in [4.69, 9.17) is 9.47 Å². The summed E-state index contributed by atoms with van der Waals surface area (Å²) in [6.45, 7) is 6.36. The SMILES string of the molecule is Cc1cccc(OC2CCN(C(=O)[C@H](c3cccnc3)N3CCOCC3)CC2)c1. The molecule has 1 amide bonds. The van der Waals surface area contributed by atoms with Crippen LogP contribution in [0.3, 0.4) is 0 Å². The van der Waals surface area contributed by atoms with Gasteiger partial charge in [-0.1, -0.05) is 18.2 Å². The van der Waals surface area contributed by atoms with E-state index in [2.05, 4.69) is 28.9 Å². The second-order valence-electron chi connectivity index (χ2n) is 7.80. The van der Waals surface area contributed by atoms with Crippen molar-refractivity contribution in [1.29, 1.82) is 0 Å². The third-order valence-electron chi connectivity index (χ3n) is 5.69. The number of hydrogen-bond donors (Lipinski definition) is 0. The van der Waals surface area contributed by atoms with Gasteiger partial charge in [-0.3, -0.25) is 14.7 Å². The number of carbonyl (C=O) groups is 1. The zero-order valence-electron chi connectivity index (χ0n) is 17.0. The Balaban J connectivity index is 1.41. The number of aryl methyl sites for hydroxylation is 1. The zero-order chi connectivity index (χ0) is 20.1. The summed E-state index contributed by atoms with van der Waals surface area (Å²) in [5, 5.41) is 0. The van der Waals surface area contributed by atoms with Crippen molar-refractivity contribution in [3.63, 3.8) is 0 Å². The summed E-state index contributed by atoms with van der Waals surface area (Å²) in [6.07, 6.45) is 5.41. The van der Waals surface area contributed by atoms with E-state index in [-0.39, 0.29) is 18.1 Å². The van der Waals surface area contributed by atoms with Gasteiger partial charge in [-0.15, -0.1) is 0 Å². The number of likely N-dealkylation sites (tertiary alicyclic amines) is 1. The number of benzene rings is 1. The topological polar surface area (TPSA) is 54.9 Å². The molecule has 4 rings (SSSR count). The fourth-order valence-electron chi connectivity index (χ4n) is 4.13. The molecule has 2 saturated heterocycles. The van der Waals surface area contributed by atoms with Crippen molar-refractivity contribution in [3.8, 4) is 5.75 Å². The number of rotatable bonds is 5. The molecule has 0 bridgehead atoms. The van der Waals surface area contributed by atoms with Crippen LogP contribution in [0.25, 0.3) is 0 Å². The van der Waals surface area contributed by atoms with E-state index in [0.717, 1.165) is 50.3 Å². The third kappa shape index (κ3) is 4.95. The summed E-state index contributed by atoms with van der Waals surface area (Å²) in [5.74, 6) is 1.07. The molecule has 0 N–H and O–H groups in total. The van der Waals surface area contributed by atoms with Gasteiger partial charge in [0.05, 0.1) is 13.2 Å². The average molecular weight is 396 g/mol. The molecule has 2 aliphatic heterocycles. The van der Waals surface area contributed by atoms with Crippen LogP contribution >= 0.6 is 0 Å². The molecule has 0 unspecified atom stereocenters. The van der Waals surface area contributed by atoms with Gasteiger partial charge in [-0.05, 0) is 36.2 Å². The Morgan fingerprint density at radius 1 is 1.14 bits per heavy atom. The Hall–Kier alpha value is -2.44. The largest absolute Gasteiger partial charge is 0.490 e. The highest BCUT2D eigenvalue weighted by atomic mass is 16.5. The maximum Gasteiger partial charge on any atom is 0.244 e. The minimum absolute atomic E-state index is 0.154. The van der Waals surface area contributed by atoms with Crippen molar-refractivity contribution in [2.45, 2.75) is 31.9 Å². The smallest absolute Gasteiger partial charge is 0.244 e. The van der Waals surface area contributed by atoms with Crippen LogP contribution in [-0.2, 0) is 9.53 Å². The first-order chi connectivity index (χ1) is 14.2. The standard InChI is InChI=1S/C23H29N3O3/c1-18-4-2-6-21(16-18)29-20-7-10-26(11-8-20)23(27)22(19-5-3-9-24-17-19)25-12-14-28-15-13-25/h2-6,9,16-17,20,22H,7-8,10-15H2,1H3/t22-/m0/s1. The van der Waals surface area contributed by atoms with E-state index in [1.807, 2.05) is 35.4 Å². The number of aromatic nitrogens is 1. The number of piperidine rings is 1. The molecule has 3 heterocycles. The van der Waals surface area contributed by atoms with Crippen LogP contribution in [-0.4, -0.2) is 66.2 Å². The van der Waals surface area contributed by atoms with Crippen LogP contribution in [0.4, 0.5) is 0 Å². The quantitative estimate of drug-likeness (QED) is 0.779. The molecule has 6 nitrogen and oxygen atoms in total. The van der Waals surface area contributed by atoms with Crippen LogP contribution in [0.15, 0.2) is 48.8 Å². The Kier molecular flexibility index (Phi) is 6.42. The first-order valence-electron chi connectivity index (χ1n) is 10.4. The van der Waals surface area contributed by atoms with Gasteiger partial charge in [0.2, 0.25) is 5.91 Å². The molecule has 1 aromatic carbocycles. The highest BCUT2D eigenvalue weighted by Gasteiger charge is 2.34. The first kappa shape index (κ1) is 19.9. The normalized spacial score (nSPS) is 19.7. The second-order valence-corrected chi connectivity index (χ2v) is 7.80. The highest BCUT2D eigenvalue weighted by Crippen LogP contribution is 2.27. The predicted molar refractivity (Wildman–Crippen MR) is 111 cm³/mol. The fraction of sp³-hybridized carbons (Fsp3) is 0.478. The van der Waals surface area contributed by atoms with E-state index in [0.29, 0.717) is 13.2 Å². The number of carbonyl (C=O) groups excluding carboxylic acids is 1. The fourth-order valence-corrected chi connectivity index (χ4v) is 4.13. The molecule has 0 spiro atoms. The Morgan fingerprint density at radius 2 is 1.93 bits per heavy atom. The molecule has 2 aliphatic rings. The van der Waals surface area contributed by atoms with Crippen molar-refractivity contribution in [3.05, 3.63) is 59.9 Å². The van der Waals surface area contributed by atoms with Crippen molar-refractivity contribution in [1.82, 2.24) is 14.8 Å². The summed E-state index contributed by atoms with van der Waals surface area (Å²) >= 11 is 0. The van der Waals surface area contributed by atoms with Crippen molar-refractivity contribution in [2.75, 3.05) is 39.4 Å². The van der Waals surface area contributed by atoms with Crippen LogP contribution in [0, 0.1) is 6.92 Å². The Bertz CT molecular complexity index is 800. The maximum absolute atomic E-state index is 13.5. The predicted octanol–water partition coefficient (Wildman–Crippen LogP) is 2.83. The number of pyridine rings is 1. The molecule has 2 fully saturated rings. The summed E-state index contributed by atoms with van der Waals surface area (Å²) < 4.78 is 11.6. The van der Waals surface area contributed by atoms with Crippen molar-refractivity contribution >= 4 is 5.91 Å². The summed E-state index contributed by atoms with van der Waals surface area (Å²) in [6, 6.07) is 11.8. The Morgan fingerprint density at radius 3 is 2.62 bits per heavy atom. The van der Waals surface area contributed by atoms with Gasteiger partial charge in [-0.2, -0.15) is 0 Å². The van der Waals surface area contributed by atoms with E-state index in [1.165, 1.54) is 5.56 Å². The van der Waals surface area contributed by atoms with Gasteiger partial charge in [0, 0.05) is 51.4 Å². The highest BCUT2D eigenvalue weighted by molar-refractivity contribution is 5.83. The Labute approximate surface area is 172 Å². The van der Waals surface area contributed by atoms with Crippen LogP contribution in [0.1, 0.15) is 30.0 Å². The van der Waals surface area contributed by atoms with Gasteiger partial charge in [0.1, 0.15) is 17.9 Å². The summed E-state index contributed by atoms with van der Waals surface area (Å²) in [5.41, 5.74) is 2.15. The third-order valence-corrected chi connectivity index (χ3v) is 5.69. The molecular weight excluding hydrogens is 366 g/mol. The number of hydrogen-bond acceptors (Lipinski definition) is 5. The molecule has 6 heteroatoms. The van der Waals surface area contributed by atoms with Gasteiger partial charge in [-0.25, -0.2) is 0 Å². The van der Waals surface area contributed by atoms with E-state index >= 15 is 0 Å². The molecule has 1 aromatic heterocycles. The minimum Gasteiger partial charge on any atom is -0.490 e. The van der Waals surface area contributed by atoms with Crippen LogP contribution in [0.2, 0.25) is 0 Å². The minimum atomic E-state index is -0.290. The average Bonchev–Trinajstić information content (AvgIpc) is 2.76. The lowest BCUT2D eigenvalue weighted by Crippen LogP contribution is -2.50. The van der Waals surface area contributed by atoms with Gasteiger partial charge >= 0.3 is 0 Å². The molecular formula is C23H29N3O3. The molecule has 29 heavy (non-hydrogen) atoms. The van der Waals surface area contributed by atoms with Gasteiger partial charge in [0.15, 0.2) is 0 Å². The van der Waals surface area contributed by atoms with E-state index in [9.17, 15) is 4.79 Å². The maximum atomic E-state index is 13.5. The number of amides is 1. The van der Waals surface area contributed by atoms with Gasteiger partial charge in [0.25, 0.3) is 0 Å². The van der Waals surface area contributed by atoms with Crippen molar-refractivity contribution < 1.29 is 14.3 Å². The molecule has 0 aliphatic carbocycles. The van der Waals surface area contributed by atoms with Gasteiger partial charge < -0.3 is 14.4 Å². The van der Waals surface area contributed by atoms with E-state index < -0.39 is 0 Å². The molecule has 0 radical (unpaired) electrons. The lowest BCUT2D eigenvalue weighted by Gasteiger charge is -2.39. The zero-order valence-corrected chi connectivity index (χ0v) is 17.0. The van der Waals surface area contributed by atoms with Crippen LogP contribution in [0.5, 0.6) is 5.75 Å². The van der Waals surface area contributed by atoms with E-state index in [1.54, 1.807) is 6.20 Å². The monoisotopic (exact) mass is 395 g/mol. The number of ether oxygens (including phenoxy) is 2. The number of morpholine rings is 1. The lowest BCUT2D eigenvalue weighted by atomic mass is 10.0. The molecule has 2 aromatic rings. The number of nitrogens with zero attached hydrogens (tertiary/aromatic N) is 3. The van der Waals surface area contributed by atoms with Crippen LogP contribution < -0.4 is 4.74 Å². The van der Waals surface area contributed by atoms with Crippen molar-refractivity contribution in [2.24, 2.45) is 0 Å². The molecule has 0 saturated carbocycles. The summed E-state index contributed by atoms with van der Waals surface area (Å²) in [4.78, 5) is 21.9. The molecule has 154 valence electrons. The first-order valence-corrected chi connectivity index (χ1v) is 10.4.